The molecule has 0 heterocycles. The van der Waals surface area contributed by atoms with E-state index in [1.165, 1.54) is 0 Å². The Kier molecular flexibility index (Phi) is 7.04. The molecule has 148 valence electrons. The van der Waals surface area contributed by atoms with Crippen LogP contribution in [0.15, 0.2) is 84.9 Å². The molecule has 1 atom stereocenters. The standard InChI is InChI=1S/C24H23ClN2O2/c1-27(17-20-14-8-9-15-21(20)25)24(29)22(16-18-10-4-2-5-11-18)26-23(28)19-12-6-3-7-13-19/h2-15,22H,16-17H2,1H3,(H,26,28)/t22-/m1/s1. The number of benzene rings is 3. The van der Waals surface area contributed by atoms with Gasteiger partial charge in [0.2, 0.25) is 5.91 Å². The van der Waals surface area contributed by atoms with Gasteiger partial charge in [0.1, 0.15) is 6.04 Å². The SMILES string of the molecule is CN(Cc1ccccc1Cl)C(=O)[C@@H](Cc1ccccc1)NC(=O)c1ccccc1. The van der Waals surface area contributed by atoms with Crippen molar-refractivity contribution in [1.29, 1.82) is 0 Å². The van der Waals surface area contributed by atoms with E-state index < -0.39 is 6.04 Å². The van der Waals surface area contributed by atoms with E-state index in [0.29, 0.717) is 23.6 Å². The zero-order valence-corrected chi connectivity index (χ0v) is 17.0. The van der Waals surface area contributed by atoms with Gasteiger partial charge in [0, 0.05) is 30.6 Å². The first-order chi connectivity index (χ1) is 14.0. The predicted molar refractivity (Wildman–Crippen MR) is 116 cm³/mol. The van der Waals surface area contributed by atoms with Gasteiger partial charge in [0.25, 0.3) is 5.91 Å². The Morgan fingerprint density at radius 3 is 2.14 bits per heavy atom. The molecule has 29 heavy (non-hydrogen) atoms. The minimum absolute atomic E-state index is 0.168. The zero-order chi connectivity index (χ0) is 20.6. The van der Waals surface area contributed by atoms with Gasteiger partial charge >= 0.3 is 0 Å². The van der Waals surface area contributed by atoms with Crippen molar-refractivity contribution < 1.29 is 9.59 Å². The minimum Gasteiger partial charge on any atom is -0.340 e. The lowest BCUT2D eigenvalue weighted by Crippen LogP contribution is -2.48. The molecule has 0 aliphatic heterocycles. The smallest absolute Gasteiger partial charge is 0.251 e. The Labute approximate surface area is 176 Å². The van der Waals surface area contributed by atoms with Crippen LogP contribution in [0.3, 0.4) is 0 Å². The highest BCUT2D eigenvalue weighted by Crippen LogP contribution is 2.17. The summed E-state index contributed by atoms with van der Waals surface area (Å²) in [5.74, 6) is -0.441. The van der Waals surface area contributed by atoms with E-state index in [-0.39, 0.29) is 11.8 Å². The molecule has 0 fully saturated rings. The van der Waals surface area contributed by atoms with Crippen molar-refractivity contribution in [3.05, 3.63) is 107 Å². The molecule has 3 aromatic rings. The van der Waals surface area contributed by atoms with Crippen molar-refractivity contribution in [3.63, 3.8) is 0 Å². The first-order valence-corrected chi connectivity index (χ1v) is 9.80. The summed E-state index contributed by atoms with van der Waals surface area (Å²) in [5.41, 5.74) is 2.36. The highest BCUT2D eigenvalue weighted by Gasteiger charge is 2.25. The number of nitrogens with zero attached hydrogens (tertiary/aromatic N) is 1. The molecule has 0 aliphatic carbocycles. The quantitative estimate of drug-likeness (QED) is 0.634. The van der Waals surface area contributed by atoms with Crippen LogP contribution < -0.4 is 5.32 Å². The summed E-state index contributed by atoms with van der Waals surface area (Å²) in [6, 6.07) is 25.3. The fourth-order valence-corrected chi connectivity index (χ4v) is 3.30. The van der Waals surface area contributed by atoms with Gasteiger partial charge < -0.3 is 10.2 Å². The van der Waals surface area contributed by atoms with E-state index in [9.17, 15) is 9.59 Å². The zero-order valence-electron chi connectivity index (χ0n) is 16.2. The molecule has 5 heteroatoms. The third kappa shape index (κ3) is 5.69. The third-order valence-corrected chi connectivity index (χ3v) is 5.03. The van der Waals surface area contributed by atoms with Crippen molar-refractivity contribution in [3.8, 4) is 0 Å². The lowest BCUT2D eigenvalue weighted by atomic mass is 10.0. The van der Waals surface area contributed by atoms with Crippen LogP contribution >= 0.6 is 11.6 Å². The maximum atomic E-state index is 13.2. The number of nitrogens with one attached hydrogen (secondary N) is 1. The molecule has 0 aliphatic rings. The van der Waals surface area contributed by atoms with Gasteiger partial charge in [-0.2, -0.15) is 0 Å². The van der Waals surface area contributed by atoms with Gasteiger partial charge in [-0.3, -0.25) is 9.59 Å². The van der Waals surface area contributed by atoms with Gasteiger partial charge in [-0.15, -0.1) is 0 Å². The molecular weight excluding hydrogens is 384 g/mol. The second-order valence-electron chi connectivity index (χ2n) is 6.87. The summed E-state index contributed by atoms with van der Waals surface area (Å²) >= 11 is 6.24. The van der Waals surface area contributed by atoms with E-state index >= 15 is 0 Å². The van der Waals surface area contributed by atoms with Crippen molar-refractivity contribution >= 4 is 23.4 Å². The highest BCUT2D eigenvalue weighted by atomic mass is 35.5. The largest absolute Gasteiger partial charge is 0.340 e. The van der Waals surface area contributed by atoms with Crippen LogP contribution in [-0.4, -0.2) is 29.8 Å². The lowest BCUT2D eigenvalue weighted by molar-refractivity contribution is -0.132. The molecule has 0 aromatic heterocycles. The van der Waals surface area contributed by atoms with Gasteiger partial charge in [-0.05, 0) is 29.3 Å². The number of carbonyl (C=O) groups excluding carboxylic acids is 2. The fraction of sp³-hybridized carbons (Fsp3) is 0.167. The Bertz CT molecular complexity index is 961. The van der Waals surface area contributed by atoms with Crippen LogP contribution in [0.25, 0.3) is 0 Å². The van der Waals surface area contributed by atoms with Crippen LogP contribution in [-0.2, 0) is 17.8 Å². The number of likely N-dealkylation sites (N-methyl/N-ethyl adjacent to an activating group) is 1. The van der Waals surface area contributed by atoms with E-state index in [0.717, 1.165) is 11.1 Å². The van der Waals surface area contributed by atoms with E-state index in [2.05, 4.69) is 5.32 Å². The van der Waals surface area contributed by atoms with Gasteiger partial charge in [0.05, 0.1) is 0 Å². The molecule has 1 N–H and O–H groups in total. The first kappa shape index (κ1) is 20.6. The maximum absolute atomic E-state index is 13.2. The van der Waals surface area contributed by atoms with Crippen LogP contribution in [0.1, 0.15) is 21.5 Å². The Morgan fingerprint density at radius 2 is 1.48 bits per heavy atom. The normalized spacial score (nSPS) is 11.5. The fourth-order valence-electron chi connectivity index (χ4n) is 3.11. The molecule has 0 radical (unpaired) electrons. The van der Waals surface area contributed by atoms with Gasteiger partial charge in [-0.1, -0.05) is 78.3 Å². The third-order valence-electron chi connectivity index (χ3n) is 4.66. The molecule has 2 amide bonds. The van der Waals surface area contributed by atoms with Crippen molar-refractivity contribution in [2.45, 2.75) is 19.0 Å². The number of hydrogen-bond acceptors (Lipinski definition) is 2. The average Bonchev–Trinajstić information content (AvgIpc) is 2.75. The Morgan fingerprint density at radius 1 is 0.897 bits per heavy atom. The highest BCUT2D eigenvalue weighted by molar-refractivity contribution is 6.31. The van der Waals surface area contributed by atoms with Crippen LogP contribution in [0.5, 0.6) is 0 Å². The first-order valence-electron chi connectivity index (χ1n) is 9.43. The molecule has 4 nitrogen and oxygen atoms in total. The molecule has 0 saturated carbocycles. The monoisotopic (exact) mass is 406 g/mol. The summed E-state index contributed by atoms with van der Waals surface area (Å²) in [4.78, 5) is 27.5. The molecule has 0 unspecified atom stereocenters. The second kappa shape index (κ2) is 9.89. The molecule has 0 saturated heterocycles. The molecule has 3 rings (SSSR count). The van der Waals surface area contributed by atoms with Gasteiger partial charge in [-0.25, -0.2) is 0 Å². The number of hydrogen-bond donors (Lipinski definition) is 1. The van der Waals surface area contributed by atoms with Crippen molar-refractivity contribution in [1.82, 2.24) is 10.2 Å². The number of halogens is 1. The predicted octanol–water partition coefficient (Wildman–Crippen LogP) is 4.34. The summed E-state index contributed by atoms with van der Waals surface area (Å²) in [6.07, 6.45) is 0.408. The summed E-state index contributed by atoms with van der Waals surface area (Å²) in [5, 5.41) is 3.51. The van der Waals surface area contributed by atoms with E-state index in [4.69, 9.17) is 11.6 Å². The number of rotatable bonds is 7. The average molecular weight is 407 g/mol. The lowest BCUT2D eigenvalue weighted by Gasteiger charge is -2.25. The van der Waals surface area contributed by atoms with E-state index in [1.807, 2.05) is 54.6 Å². The summed E-state index contributed by atoms with van der Waals surface area (Å²) in [7, 11) is 1.72. The topological polar surface area (TPSA) is 49.4 Å². The molecule has 3 aromatic carbocycles. The maximum Gasteiger partial charge on any atom is 0.251 e. The second-order valence-corrected chi connectivity index (χ2v) is 7.27. The number of carbonyl (C=O) groups is 2. The molecule has 0 spiro atoms. The van der Waals surface area contributed by atoms with E-state index in [1.54, 1.807) is 42.3 Å². The summed E-state index contributed by atoms with van der Waals surface area (Å²) < 4.78 is 0. The Balaban J connectivity index is 1.78. The van der Waals surface area contributed by atoms with Crippen molar-refractivity contribution in [2.75, 3.05) is 7.05 Å². The van der Waals surface area contributed by atoms with Crippen molar-refractivity contribution in [2.24, 2.45) is 0 Å². The van der Waals surface area contributed by atoms with Crippen LogP contribution in [0.4, 0.5) is 0 Å². The molecular formula is C24H23ClN2O2. The van der Waals surface area contributed by atoms with Crippen LogP contribution in [0, 0.1) is 0 Å². The number of amides is 2. The molecule has 0 bridgehead atoms. The Hall–Kier alpha value is -3.11. The summed E-state index contributed by atoms with van der Waals surface area (Å²) in [6.45, 7) is 0.366. The minimum atomic E-state index is -0.683. The van der Waals surface area contributed by atoms with Crippen LogP contribution in [0.2, 0.25) is 5.02 Å². The van der Waals surface area contributed by atoms with Gasteiger partial charge in [0.15, 0.2) is 0 Å².